The van der Waals surface area contributed by atoms with Crippen LogP contribution in [0.15, 0.2) is 18.2 Å². The minimum absolute atomic E-state index is 0.135. The van der Waals surface area contributed by atoms with Crippen molar-refractivity contribution in [2.75, 3.05) is 33.9 Å². The zero-order valence-electron chi connectivity index (χ0n) is 12.8. The Morgan fingerprint density at radius 3 is 2.71 bits per heavy atom. The summed E-state index contributed by atoms with van der Waals surface area (Å²) in [4.78, 5) is 12.1. The molecule has 1 N–H and O–H groups in total. The van der Waals surface area contributed by atoms with E-state index in [0.717, 1.165) is 18.5 Å². The van der Waals surface area contributed by atoms with Gasteiger partial charge < -0.3 is 19.5 Å². The molecule has 0 unspecified atom stereocenters. The Labute approximate surface area is 125 Å². The van der Waals surface area contributed by atoms with E-state index in [9.17, 15) is 4.79 Å². The molecule has 116 valence electrons. The number of hydrogen-bond donors (Lipinski definition) is 1. The van der Waals surface area contributed by atoms with Crippen molar-refractivity contribution in [3.05, 3.63) is 23.8 Å². The number of piperidine rings is 1. The van der Waals surface area contributed by atoms with E-state index >= 15 is 0 Å². The molecule has 1 fully saturated rings. The number of methoxy groups -OCH3 is 2. The second-order valence-electron chi connectivity index (χ2n) is 5.07. The second kappa shape index (κ2) is 7.31. The first-order chi connectivity index (χ1) is 10.2. The molecule has 1 aromatic rings. The van der Waals surface area contributed by atoms with E-state index in [1.165, 1.54) is 0 Å². The molecule has 0 spiro atoms. The SMILES string of the molecule is CCOC(=O)[C@H]1CNCC[C@H]1c1ccc(OC)c(OC)c1. The molecule has 0 saturated carbocycles. The average molecular weight is 293 g/mol. The highest BCUT2D eigenvalue weighted by Gasteiger charge is 2.33. The Kier molecular flexibility index (Phi) is 5.44. The van der Waals surface area contributed by atoms with Crippen molar-refractivity contribution in [2.24, 2.45) is 5.92 Å². The van der Waals surface area contributed by atoms with Crippen LogP contribution < -0.4 is 14.8 Å². The minimum atomic E-state index is -0.156. The summed E-state index contributed by atoms with van der Waals surface area (Å²) >= 11 is 0. The van der Waals surface area contributed by atoms with Crippen LogP contribution in [-0.4, -0.2) is 39.9 Å². The minimum Gasteiger partial charge on any atom is -0.493 e. The van der Waals surface area contributed by atoms with Crippen molar-refractivity contribution < 1.29 is 19.0 Å². The lowest BCUT2D eigenvalue weighted by atomic mass is 9.81. The molecule has 5 heteroatoms. The zero-order valence-corrected chi connectivity index (χ0v) is 12.8. The maximum absolute atomic E-state index is 12.1. The Morgan fingerprint density at radius 1 is 1.29 bits per heavy atom. The van der Waals surface area contributed by atoms with Gasteiger partial charge in [0.05, 0.1) is 26.7 Å². The van der Waals surface area contributed by atoms with E-state index in [1.54, 1.807) is 14.2 Å². The van der Waals surface area contributed by atoms with Gasteiger partial charge in [-0.3, -0.25) is 4.79 Å². The van der Waals surface area contributed by atoms with Crippen LogP contribution in [0.1, 0.15) is 24.8 Å². The van der Waals surface area contributed by atoms with Gasteiger partial charge in [-0.25, -0.2) is 0 Å². The van der Waals surface area contributed by atoms with Gasteiger partial charge in [0.15, 0.2) is 11.5 Å². The summed E-state index contributed by atoms with van der Waals surface area (Å²) in [6.07, 6.45) is 0.902. The number of hydrogen-bond acceptors (Lipinski definition) is 5. The predicted molar refractivity (Wildman–Crippen MR) is 79.9 cm³/mol. The standard InChI is InChI=1S/C16H23NO4/c1-4-21-16(18)13-10-17-8-7-12(13)11-5-6-14(19-2)15(9-11)20-3/h5-6,9,12-13,17H,4,7-8,10H2,1-3H3/t12-,13-/m0/s1. The maximum atomic E-state index is 12.1. The lowest BCUT2D eigenvalue weighted by molar-refractivity contribution is -0.149. The van der Waals surface area contributed by atoms with E-state index in [-0.39, 0.29) is 17.8 Å². The first-order valence-electron chi connectivity index (χ1n) is 7.30. The normalized spacial score (nSPS) is 21.7. The molecule has 0 radical (unpaired) electrons. The quantitative estimate of drug-likeness (QED) is 0.841. The zero-order chi connectivity index (χ0) is 15.2. The van der Waals surface area contributed by atoms with Crippen LogP contribution in [0.3, 0.4) is 0 Å². The van der Waals surface area contributed by atoms with Crippen LogP contribution in [0.5, 0.6) is 11.5 Å². The average Bonchev–Trinajstić information content (AvgIpc) is 2.54. The Balaban J connectivity index is 2.26. The van der Waals surface area contributed by atoms with Crippen LogP contribution >= 0.6 is 0 Å². The summed E-state index contributed by atoms with van der Waals surface area (Å²) in [6, 6.07) is 5.85. The molecule has 2 atom stereocenters. The Morgan fingerprint density at radius 2 is 2.05 bits per heavy atom. The number of benzene rings is 1. The number of nitrogens with one attached hydrogen (secondary N) is 1. The van der Waals surface area contributed by atoms with Gasteiger partial charge in [-0.2, -0.15) is 0 Å². The van der Waals surface area contributed by atoms with Gasteiger partial charge in [-0.1, -0.05) is 6.07 Å². The summed E-state index contributed by atoms with van der Waals surface area (Å²) in [5.74, 6) is 1.24. The Hall–Kier alpha value is -1.75. The highest BCUT2D eigenvalue weighted by atomic mass is 16.5. The van der Waals surface area contributed by atoms with E-state index in [4.69, 9.17) is 14.2 Å². The topological polar surface area (TPSA) is 56.8 Å². The van der Waals surface area contributed by atoms with Crippen LogP contribution in [0.2, 0.25) is 0 Å². The lowest BCUT2D eigenvalue weighted by Crippen LogP contribution is -2.40. The van der Waals surface area contributed by atoms with Crippen molar-refractivity contribution in [1.82, 2.24) is 5.32 Å². The molecular formula is C16H23NO4. The van der Waals surface area contributed by atoms with Crippen LogP contribution in [-0.2, 0) is 9.53 Å². The first-order valence-corrected chi connectivity index (χ1v) is 7.30. The molecule has 0 bridgehead atoms. The number of esters is 1. The predicted octanol–water partition coefficient (Wildman–Crippen LogP) is 1.96. The third kappa shape index (κ3) is 3.47. The number of ether oxygens (including phenoxy) is 3. The van der Waals surface area contributed by atoms with Crippen molar-refractivity contribution in [3.8, 4) is 11.5 Å². The summed E-state index contributed by atoms with van der Waals surface area (Å²) in [6.45, 7) is 3.79. The fourth-order valence-corrected chi connectivity index (χ4v) is 2.84. The monoisotopic (exact) mass is 293 g/mol. The van der Waals surface area contributed by atoms with Gasteiger partial charge in [0.2, 0.25) is 0 Å². The van der Waals surface area contributed by atoms with E-state index in [2.05, 4.69) is 5.32 Å². The molecule has 1 saturated heterocycles. The smallest absolute Gasteiger partial charge is 0.310 e. The molecule has 21 heavy (non-hydrogen) atoms. The molecule has 0 aliphatic carbocycles. The van der Waals surface area contributed by atoms with E-state index < -0.39 is 0 Å². The number of rotatable bonds is 5. The third-order valence-corrected chi connectivity index (χ3v) is 3.91. The van der Waals surface area contributed by atoms with Gasteiger partial charge in [-0.05, 0) is 43.5 Å². The molecule has 1 aliphatic rings. The summed E-state index contributed by atoms with van der Waals surface area (Å²) in [5, 5.41) is 3.27. The molecule has 2 rings (SSSR count). The first kappa shape index (κ1) is 15.6. The maximum Gasteiger partial charge on any atom is 0.310 e. The third-order valence-electron chi connectivity index (χ3n) is 3.91. The fourth-order valence-electron chi connectivity index (χ4n) is 2.84. The Bertz CT molecular complexity index is 489. The summed E-state index contributed by atoms with van der Waals surface area (Å²) in [5.41, 5.74) is 1.09. The molecule has 0 amide bonds. The van der Waals surface area contributed by atoms with Gasteiger partial charge in [0.25, 0.3) is 0 Å². The molecule has 5 nitrogen and oxygen atoms in total. The number of carbonyl (C=O) groups excluding carboxylic acids is 1. The van der Waals surface area contributed by atoms with Crippen LogP contribution in [0, 0.1) is 5.92 Å². The highest BCUT2D eigenvalue weighted by molar-refractivity contribution is 5.74. The molecule has 0 aromatic heterocycles. The molecule has 1 heterocycles. The largest absolute Gasteiger partial charge is 0.493 e. The van der Waals surface area contributed by atoms with Gasteiger partial charge in [-0.15, -0.1) is 0 Å². The van der Waals surface area contributed by atoms with Crippen LogP contribution in [0.4, 0.5) is 0 Å². The fraction of sp³-hybridized carbons (Fsp3) is 0.562. The van der Waals surface area contributed by atoms with Crippen molar-refractivity contribution >= 4 is 5.97 Å². The van der Waals surface area contributed by atoms with E-state index in [0.29, 0.717) is 24.7 Å². The van der Waals surface area contributed by atoms with Crippen molar-refractivity contribution in [3.63, 3.8) is 0 Å². The van der Waals surface area contributed by atoms with Gasteiger partial charge >= 0.3 is 5.97 Å². The van der Waals surface area contributed by atoms with Gasteiger partial charge in [0, 0.05) is 6.54 Å². The van der Waals surface area contributed by atoms with Crippen LogP contribution in [0.25, 0.3) is 0 Å². The summed E-state index contributed by atoms with van der Waals surface area (Å²) in [7, 11) is 3.23. The lowest BCUT2D eigenvalue weighted by Gasteiger charge is -2.31. The van der Waals surface area contributed by atoms with Crippen molar-refractivity contribution in [2.45, 2.75) is 19.3 Å². The highest BCUT2D eigenvalue weighted by Crippen LogP contribution is 2.36. The molecular weight excluding hydrogens is 270 g/mol. The molecule has 1 aliphatic heterocycles. The van der Waals surface area contributed by atoms with E-state index in [1.807, 2.05) is 25.1 Å². The summed E-state index contributed by atoms with van der Waals surface area (Å²) < 4.78 is 15.8. The van der Waals surface area contributed by atoms with Crippen molar-refractivity contribution in [1.29, 1.82) is 0 Å². The van der Waals surface area contributed by atoms with Gasteiger partial charge in [0.1, 0.15) is 0 Å². The number of carbonyl (C=O) groups is 1. The molecule has 1 aromatic carbocycles. The second-order valence-corrected chi connectivity index (χ2v) is 5.07.